The van der Waals surface area contributed by atoms with Gasteiger partial charge in [-0.25, -0.2) is 4.68 Å². The van der Waals surface area contributed by atoms with Gasteiger partial charge in [0.05, 0.1) is 23.1 Å². The van der Waals surface area contributed by atoms with Crippen molar-refractivity contribution in [1.29, 1.82) is 0 Å². The summed E-state index contributed by atoms with van der Waals surface area (Å²) < 4.78 is 38.4. The van der Waals surface area contributed by atoms with Crippen LogP contribution in [0.2, 0.25) is 0 Å². The van der Waals surface area contributed by atoms with E-state index in [-0.39, 0.29) is 11.5 Å². The molecule has 4 nitrogen and oxygen atoms in total. The molecule has 1 aromatic carbocycles. The van der Waals surface area contributed by atoms with E-state index < -0.39 is 18.6 Å². The third kappa shape index (κ3) is 4.12. The molecule has 0 aliphatic rings. The first-order valence-electron chi connectivity index (χ1n) is 7.19. The Labute approximate surface area is 132 Å². The number of carbonyl (C=O) groups is 1. The van der Waals surface area contributed by atoms with E-state index in [1.807, 2.05) is 50.4 Å². The number of benzene rings is 1. The monoisotopic (exact) mass is 325 g/mol. The highest BCUT2D eigenvalue weighted by Crippen LogP contribution is 2.23. The second-order valence-electron chi connectivity index (χ2n) is 5.64. The lowest BCUT2D eigenvalue weighted by molar-refractivity contribution is -0.123. The van der Waals surface area contributed by atoms with Crippen molar-refractivity contribution in [1.82, 2.24) is 15.1 Å². The molecule has 0 radical (unpaired) electrons. The predicted octanol–water partition coefficient (Wildman–Crippen LogP) is 3.60. The standard InChI is InChI=1S/C16H18F3N3O/c1-10(2)14-13(15(23)20-9-16(17,18)19)8-21-22(14)12-6-4-11(3)5-7-12/h4-8,10H,9H2,1-3H3,(H,20,23). The molecule has 1 heterocycles. The minimum absolute atomic E-state index is 0.0783. The van der Waals surface area contributed by atoms with E-state index in [0.717, 1.165) is 11.3 Å². The summed E-state index contributed by atoms with van der Waals surface area (Å²) in [6.45, 7) is 4.32. The zero-order chi connectivity index (χ0) is 17.2. The number of hydrogen-bond donors (Lipinski definition) is 1. The van der Waals surface area contributed by atoms with E-state index in [4.69, 9.17) is 0 Å². The topological polar surface area (TPSA) is 46.9 Å². The second kappa shape index (κ2) is 6.44. The maximum atomic E-state index is 12.3. The highest BCUT2D eigenvalue weighted by Gasteiger charge is 2.29. The molecule has 1 amide bonds. The molecule has 0 aliphatic carbocycles. The number of amides is 1. The molecule has 0 atom stereocenters. The predicted molar refractivity (Wildman–Crippen MR) is 80.8 cm³/mol. The van der Waals surface area contributed by atoms with Gasteiger partial charge in [-0.2, -0.15) is 18.3 Å². The van der Waals surface area contributed by atoms with Crippen LogP contribution in [0.15, 0.2) is 30.5 Å². The van der Waals surface area contributed by atoms with Crippen LogP contribution in [0.3, 0.4) is 0 Å². The first kappa shape index (κ1) is 17.1. The smallest absolute Gasteiger partial charge is 0.343 e. The number of aromatic nitrogens is 2. The van der Waals surface area contributed by atoms with Crippen molar-refractivity contribution >= 4 is 5.91 Å². The molecule has 0 fully saturated rings. The van der Waals surface area contributed by atoms with Gasteiger partial charge >= 0.3 is 6.18 Å². The Hall–Kier alpha value is -2.31. The first-order chi connectivity index (χ1) is 10.7. The van der Waals surface area contributed by atoms with Crippen LogP contribution in [-0.2, 0) is 0 Å². The number of alkyl halides is 3. The summed E-state index contributed by atoms with van der Waals surface area (Å²) in [5.41, 5.74) is 2.57. The van der Waals surface area contributed by atoms with Gasteiger partial charge in [0.2, 0.25) is 0 Å². The molecule has 1 N–H and O–H groups in total. The highest BCUT2D eigenvalue weighted by atomic mass is 19.4. The molecule has 0 bridgehead atoms. The van der Waals surface area contributed by atoms with Crippen molar-refractivity contribution in [2.45, 2.75) is 32.9 Å². The Morgan fingerprint density at radius 3 is 2.39 bits per heavy atom. The summed E-state index contributed by atoms with van der Waals surface area (Å²) in [4.78, 5) is 12.1. The van der Waals surface area contributed by atoms with Crippen molar-refractivity contribution in [3.63, 3.8) is 0 Å². The second-order valence-corrected chi connectivity index (χ2v) is 5.64. The lowest BCUT2D eigenvalue weighted by Crippen LogP contribution is -2.34. The molecule has 2 rings (SSSR count). The Kier molecular flexibility index (Phi) is 4.77. The summed E-state index contributed by atoms with van der Waals surface area (Å²) in [6, 6.07) is 7.52. The van der Waals surface area contributed by atoms with Crippen molar-refractivity contribution in [2.24, 2.45) is 0 Å². The van der Waals surface area contributed by atoms with Crippen molar-refractivity contribution in [2.75, 3.05) is 6.54 Å². The number of nitrogens with zero attached hydrogens (tertiary/aromatic N) is 2. The van der Waals surface area contributed by atoms with Gasteiger partial charge in [-0.1, -0.05) is 31.5 Å². The van der Waals surface area contributed by atoms with Gasteiger partial charge < -0.3 is 5.32 Å². The molecule has 1 aromatic heterocycles. The van der Waals surface area contributed by atoms with Crippen LogP contribution >= 0.6 is 0 Å². The van der Waals surface area contributed by atoms with Gasteiger partial charge in [0.15, 0.2) is 0 Å². The van der Waals surface area contributed by atoms with E-state index in [2.05, 4.69) is 5.10 Å². The third-order valence-corrected chi connectivity index (χ3v) is 3.33. The van der Waals surface area contributed by atoms with Gasteiger partial charge in [-0.05, 0) is 25.0 Å². The summed E-state index contributed by atoms with van der Waals surface area (Å²) in [6.07, 6.45) is -3.14. The Morgan fingerprint density at radius 2 is 1.87 bits per heavy atom. The molecular formula is C16H18F3N3O. The van der Waals surface area contributed by atoms with Gasteiger partial charge in [0, 0.05) is 0 Å². The fraction of sp³-hybridized carbons (Fsp3) is 0.375. The van der Waals surface area contributed by atoms with E-state index >= 15 is 0 Å². The largest absolute Gasteiger partial charge is 0.405 e. The molecule has 0 saturated carbocycles. The molecule has 0 saturated heterocycles. The zero-order valence-corrected chi connectivity index (χ0v) is 13.1. The zero-order valence-electron chi connectivity index (χ0n) is 13.1. The van der Waals surface area contributed by atoms with Gasteiger partial charge in [0.1, 0.15) is 6.54 Å². The lowest BCUT2D eigenvalue weighted by Gasteiger charge is -2.13. The van der Waals surface area contributed by atoms with Crippen molar-refractivity contribution in [3.8, 4) is 5.69 Å². The number of nitrogens with one attached hydrogen (secondary N) is 1. The summed E-state index contributed by atoms with van der Waals surface area (Å²) >= 11 is 0. The van der Waals surface area contributed by atoms with E-state index in [1.165, 1.54) is 6.20 Å². The first-order valence-corrected chi connectivity index (χ1v) is 7.19. The van der Waals surface area contributed by atoms with Gasteiger partial charge in [0.25, 0.3) is 5.91 Å². The molecule has 0 unspecified atom stereocenters. The maximum Gasteiger partial charge on any atom is 0.405 e. The van der Waals surface area contributed by atoms with Crippen LogP contribution in [0.5, 0.6) is 0 Å². The van der Waals surface area contributed by atoms with Crippen LogP contribution in [0, 0.1) is 6.92 Å². The minimum atomic E-state index is -4.44. The Morgan fingerprint density at radius 1 is 1.26 bits per heavy atom. The van der Waals surface area contributed by atoms with Crippen molar-refractivity contribution in [3.05, 3.63) is 47.3 Å². The SMILES string of the molecule is Cc1ccc(-n2ncc(C(=O)NCC(F)(F)F)c2C(C)C)cc1. The molecular weight excluding hydrogens is 307 g/mol. The fourth-order valence-electron chi connectivity index (χ4n) is 2.26. The lowest BCUT2D eigenvalue weighted by atomic mass is 10.0. The summed E-state index contributed by atoms with van der Waals surface area (Å²) in [5, 5.41) is 6.07. The van der Waals surface area contributed by atoms with Crippen LogP contribution in [0.4, 0.5) is 13.2 Å². The van der Waals surface area contributed by atoms with E-state index in [9.17, 15) is 18.0 Å². The van der Waals surface area contributed by atoms with Crippen LogP contribution in [0.25, 0.3) is 5.69 Å². The highest BCUT2D eigenvalue weighted by molar-refractivity contribution is 5.95. The normalized spacial score (nSPS) is 11.8. The summed E-state index contributed by atoms with van der Waals surface area (Å²) in [7, 11) is 0. The Balaban J connectivity index is 2.35. The fourth-order valence-corrected chi connectivity index (χ4v) is 2.26. The number of hydrogen-bond acceptors (Lipinski definition) is 2. The van der Waals surface area contributed by atoms with Gasteiger partial charge in [-0.3, -0.25) is 4.79 Å². The average Bonchev–Trinajstić information content (AvgIpc) is 2.90. The van der Waals surface area contributed by atoms with Gasteiger partial charge in [-0.15, -0.1) is 0 Å². The molecule has 0 spiro atoms. The van der Waals surface area contributed by atoms with E-state index in [1.54, 1.807) is 4.68 Å². The number of rotatable bonds is 4. The molecule has 23 heavy (non-hydrogen) atoms. The minimum Gasteiger partial charge on any atom is -0.343 e. The maximum absolute atomic E-state index is 12.3. The number of carbonyl (C=O) groups excluding carboxylic acids is 1. The van der Waals surface area contributed by atoms with Crippen LogP contribution in [-0.4, -0.2) is 28.4 Å². The average molecular weight is 325 g/mol. The van der Waals surface area contributed by atoms with E-state index in [0.29, 0.717) is 5.69 Å². The quantitative estimate of drug-likeness (QED) is 0.934. The molecule has 124 valence electrons. The number of aryl methyl sites for hydroxylation is 1. The van der Waals surface area contributed by atoms with Crippen LogP contribution < -0.4 is 5.32 Å². The van der Waals surface area contributed by atoms with Crippen molar-refractivity contribution < 1.29 is 18.0 Å². The number of halogens is 3. The molecule has 7 heteroatoms. The third-order valence-electron chi connectivity index (χ3n) is 3.33. The molecule has 0 aliphatic heterocycles. The molecule has 2 aromatic rings. The van der Waals surface area contributed by atoms with Crippen LogP contribution in [0.1, 0.15) is 41.4 Å². The summed E-state index contributed by atoms with van der Waals surface area (Å²) in [5.74, 6) is -0.852. The Bertz CT molecular complexity index is 688.